The van der Waals surface area contributed by atoms with Gasteiger partial charge < -0.3 is 15.5 Å². The second-order valence-electron chi connectivity index (χ2n) is 8.42. The first-order valence-corrected chi connectivity index (χ1v) is 13.4. The van der Waals surface area contributed by atoms with Gasteiger partial charge in [-0.2, -0.15) is 0 Å². The molecule has 2 aromatic heterocycles. The third kappa shape index (κ3) is 6.33. The highest BCUT2D eigenvalue weighted by atomic mass is 32.1. The predicted octanol–water partition coefficient (Wildman–Crippen LogP) is 4.76. The fourth-order valence-electron chi connectivity index (χ4n) is 4.28. The van der Waals surface area contributed by atoms with E-state index in [4.69, 9.17) is 0 Å². The molecule has 0 aliphatic heterocycles. The fourth-order valence-corrected chi connectivity index (χ4v) is 5.62. The summed E-state index contributed by atoms with van der Waals surface area (Å²) in [6, 6.07) is 16.2. The van der Waals surface area contributed by atoms with Crippen LogP contribution in [0.3, 0.4) is 0 Å². The third-order valence-corrected chi connectivity index (χ3v) is 7.73. The maximum absolute atomic E-state index is 13.6. The van der Waals surface area contributed by atoms with Crippen molar-refractivity contribution in [2.45, 2.75) is 50.7 Å². The summed E-state index contributed by atoms with van der Waals surface area (Å²) in [7, 11) is 0. The van der Waals surface area contributed by atoms with E-state index in [1.807, 2.05) is 53.2 Å². The standard InChI is InChI=1S/C26H29N3O3S2/c30-23(17-27-25(31)22-14-8-16-34-22)29(18-21-13-7-15-33-21)24(19-9-3-1-4-10-19)26(32)28-20-11-5-2-6-12-20/h1,3-4,7-10,13-16,20,24H,2,5-6,11-12,17-18H2,(H,27,31)(H,28,32)/t24-/m0/s1. The molecule has 1 fully saturated rings. The molecule has 8 heteroatoms. The summed E-state index contributed by atoms with van der Waals surface area (Å²) in [4.78, 5) is 42.7. The highest BCUT2D eigenvalue weighted by Crippen LogP contribution is 2.26. The second-order valence-corrected chi connectivity index (χ2v) is 10.4. The van der Waals surface area contributed by atoms with Gasteiger partial charge in [-0.1, -0.05) is 61.7 Å². The Balaban J connectivity index is 1.58. The summed E-state index contributed by atoms with van der Waals surface area (Å²) in [5, 5.41) is 9.70. The fraction of sp³-hybridized carbons (Fsp3) is 0.346. The minimum atomic E-state index is -0.781. The van der Waals surface area contributed by atoms with Gasteiger partial charge in [-0.15, -0.1) is 22.7 Å². The van der Waals surface area contributed by atoms with Crippen LogP contribution in [0.15, 0.2) is 65.4 Å². The monoisotopic (exact) mass is 495 g/mol. The van der Waals surface area contributed by atoms with Crippen LogP contribution >= 0.6 is 22.7 Å². The van der Waals surface area contributed by atoms with Gasteiger partial charge in [-0.3, -0.25) is 14.4 Å². The number of carbonyl (C=O) groups excluding carboxylic acids is 3. The SMILES string of the molecule is O=C(NCC(=O)N(Cc1cccs1)[C@H](C(=O)NC1CCCCC1)c1ccccc1)c1cccs1. The summed E-state index contributed by atoms with van der Waals surface area (Å²) in [5.74, 6) is -0.763. The highest BCUT2D eigenvalue weighted by Gasteiger charge is 2.33. The van der Waals surface area contributed by atoms with Gasteiger partial charge in [0, 0.05) is 10.9 Å². The number of hydrogen-bond donors (Lipinski definition) is 2. The van der Waals surface area contributed by atoms with Crippen molar-refractivity contribution in [2.24, 2.45) is 0 Å². The quantitative estimate of drug-likeness (QED) is 0.449. The molecular weight excluding hydrogens is 466 g/mol. The molecule has 2 heterocycles. The van der Waals surface area contributed by atoms with Gasteiger partial charge in [-0.05, 0) is 41.3 Å². The molecule has 34 heavy (non-hydrogen) atoms. The van der Waals surface area contributed by atoms with Gasteiger partial charge in [0.25, 0.3) is 5.91 Å². The number of carbonyl (C=O) groups is 3. The number of rotatable bonds is 9. The average Bonchev–Trinajstić information content (AvgIpc) is 3.58. The number of nitrogens with one attached hydrogen (secondary N) is 2. The Hall–Kier alpha value is -2.97. The van der Waals surface area contributed by atoms with Crippen molar-refractivity contribution in [1.82, 2.24) is 15.5 Å². The molecule has 1 atom stereocenters. The van der Waals surface area contributed by atoms with E-state index >= 15 is 0 Å². The Kier molecular flexibility index (Phi) is 8.49. The van der Waals surface area contributed by atoms with Gasteiger partial charge in [-0.25, -0.2) is 0 Å². The van der Waals surface area contributed by atoms with Crippen LogP contribution < -0.4 is 10.6 Å². The van der Waals surface area contributed by atoms with E-state index in [1.165, 1.54) is 29.1 Å². The molecule has 0 radical (unpaired) electrons. The molecule has 3 amide bonds. The summed E-state index contributed by atoms with van der Waals surface area (Å²) >= 11 is 2.86. The number of amides is 3. The third-order valence-electron chi connectivity index (χ3n) is 6.00. The van der Waals surface area contributed by atoms with Crippen LogP contribution in [0.2, 0.25) is 0 Å². The molecule has 3 aromatic rings. The predicted molar refractivity (Wildman–Crippen MR) is 136 cm³/mol. The lowest BCUT2D eigenvalue weighted by Crippen LogP contribution is -2.49. The molecular formula is C26H29N3O3S2. The van der Waals surface area contributed by atoms with Crippen LogP contribution in [0.1, 0.15) is 58.3 Å². The van der Waals surface area contributed by atoms with Gasteiger partial charge in [0.05, 0.1) is 18.0 Å². The Bertz CT molecular complexity index is 1060. The van der Waals surface area contributed by atoms with Gasteiger partial charge in [0.15, 0.2) is 0 Å². The molecule has 2 N–H and O–H groups in total. The topological polar surface area (TPSA) is 78.5 Å². The minimum absolute atomic E-state index is 0.129. The summed E-state index contributed by atoms with van der Waals surface area (Å²) < 4.78 is 0. The first-order chi connectivity index (χ1) is 16.6. The van der Waals surface area contributed by atoms with Crippen LogP contribution in [-0.2, 0) is 16.1 Å². The number of nitrogens with zero attached hydrogens (tertiary/aromatic N) is 1. The molecule has 1 aliphatic carbocycles. The van der Waals surface area contributed by atoms with Crippen LogP contribution in [0, 0.1) is 0 Å². The van der Waals surface area contributed by atoms with E-state index in [0.29, 0.717) is 11.4 Å². The van der Waals surface area contributed by atoms with Crippen molar-refractivity contribution in [2.75, 3.05) is 6.54 Å². The maximum atomic E-state index is 13.6. The van der Waals surface area contributed by atoms with Crippen molar-refractivity contribution in [3.8, 4) is 0 Å². The van der Waals surface area contributed by atoms with Crippen molar-refractivity contribution < 1.29 is 14.4 Å². The first kappa shape index (κ1) is 24.2. The first-order valence-electron chi connectivity index (χ1n) is 11.6. The zero-order chi connectivity index (χ0) is 23.8. The molecule has 1 aliphatic rings. The molecule has 178 valence electrons. The Morgan fingerprint density at radius 1 is 0.912 bits per heavy atom. The number of thiophene rings is 2. The summed E-state index contributed by atoms with van der Waals surface area (Å²) in [5.41, 5.74) is 0.755. The largest absolute Gasteiger partial charge is 0.351 e. The molecule has 6 nitrogen and oxygen atoms in total. The van der Waals surface area contributed by atoms with Crippen molar-refractivity contribution in [3.05, 3.63) is 80.7 Å². The number of benzene rings is 1. The summed E-state index contributed by atoms with van der Waals surface area (Å²) in [6.07, 6.45) is 5.33. The van der Waals surface area contributed by atoms with E-state index in [2.05, 4.69) is 10.6 Å². The lowest BCUT2D eigenvalue weighted by Gasteiger charge is -2.33. The maximum Gasteiger partial charge on any atom is 0.261 e. The lowest BCUT2D eigenvalue weighted by atomic mass is 9.94. The molecule has 0 unspecified atom stereocenters. The van der Waals surface area contributed by atoms with Gasteiger partial charge >= 0.3 is 0 Å². The van der Waals surface area contributed by atoms with Crippen molar-refractivity contribution in [1.29, 1.82) is 0 Å². The van der Waals surface area contributed by atoms with Gasteiger partial charge in [0.2, 0.25) is 11.8 Å². The van der Waals surface area contributed by atoms with Crippen molar-refractivity contribution in [3.63, 3.8) is 0 Å². The van der Waals surface area contributed by atoms with Gasteiger partial charge in [0.1, 0.15) is 6.04 Å². The summed E-state index contributed by atoms with van der Waals surface area (Å²) in [6.45, 7) is 0.116. The van der Waals surface area contributed by atoms with Crippen LogP contribution in [0.4, 0.5) is 0 Å². The second kappa shape index (κ2) is 11.9. The zero-order valence-corrected chi connectivity index (χ0v) is 20.6. The van der Waals surface area contributed by atoms with Crippen LogP contribution in [-0.4, -0.2) is 35.2 Å². The van der Waals surface area contributed by atoms with Crippen LogP contribution in [0.25, 0.3) is 0 Å². The lowest BCUT2D eigenvalue weighted by molar-refractivity contribution is -0.141. The minimum Gasteiger partial charge on any atom is -0.351 e. The van der Waals surface area contributed by atoms with E-state index in [1.54, 1.807) is 17.0 Å². The Labute approximate surface area is 208 Å². The molecule has 1 saturated carbocycles. The number of hydrogen-bond acceptors (Lipinski definition) is 5. The molecule has 4 rings (SSSR count). The van der Waals surface area contributed by atoms with E-state index in [0.717, 1.165) is 36.1 Å². The van der Waals surface area contributed by atoms with E-state index in [-0.39, 0.29) is 30.3 Å². The Morgan fingerprint density at radius 2 is 1.65 bits per heavy atom. The van der Waals surface area contributed by atoms with E-state index in [9.17, 15) is 14.4 Å². The van der Waals surface area contributed by atoms with E-state index < -0.39 is 6.04 Å². The molecule has 0 spiro atoms. The smallest absolute Gasteiger partial charge is 0.261 e. The zero-order valence-electron chi connectivity index (χ0n) is 18.9. The molecule has 1 aromatic carbocycles. The van der Waals surface area contributed by atoms with Crippen LogP contribution in [0.5, 0.6) is 0 Å². The Morgan fingerprint density at radius 3 is 2.32 bits per heavy atom. The van der Waals surface area contributed by atoms with Crippen molar-refractivity contribution >= 4 is 40.4 Å². The average molecular weight is 496 g/mol. The normalized spacial score (nSPS) is 14.8. The molecule has 0 saturated heterocycles. The molecule has 0 bridgehead atoms. The highest BCUT2D eigenvalue weighted by molar-refractivity contribution is 7.12.